The Morgan fingerprint density at radius 1 is 1.29 bits per heavy atom. The first-order chi connectivity index (χ1) is 18.1. The highest BCUT2D eigenvalue weighted by Crippen LogP contribution is 2.49. The molecule has 0 unspecified atom stereocenters. The van der Waals surface area contributed by atoms with E-state index in [0.29, 0.717) is 48.5 Å². The van der Waals surface area contributed by atoms with E-state index < -0.39 is 37.7 Å². The molecule has 4 heterocycles. The molecule has 1 fully saturated rings. The van der Waals surface area contributed by atoms with Crippen molar-refractivity contribution in [2.45, 2.75) is 37.7 Å². The molecule has 2 bridgehead atoms. The van der Waals surface area contributed by atoms with Gasteiger partial charge < -0.3 is 14.2 Å². The molecule has 0 spiro atoms. The Morgan fingerprint density at radius 3 is 2.94 bits per heavy atom. The van der Waals surface area contributed by atoms with Gasteiger partial charge in [-0.1, -0.05) is 17.9 Å². The van der Waals surface area contributed by atoms with E-state index in [0.717, 1.165) is 4.90 Å². The van der Waals surface area contributed by atoms with Crippen molar-refractivity contribution >= 4 is 16.9 Å². The molecular formula is C26H23F3N4O2. The van der Waals surface area contributed by atoms with Crippen molar-refractivity contribution in [3.63, 3.8) is 0 Å². The summed E-state index contributed by atoms with van der Waals surface area (Å²) >= 11 is 0. The van der Waals surface area contributed by atoms with E-state index in [1.807, 2.05) is 15.5 Å². The molecule has 3 aromatic rings. The number of benzene rings is 2. The van der Waals surface area contributed by atoms with E-state index in [9.17, 15) is 18.0 Å². The molecule has 3 aliphatic heterocycles. The molecule has 3 aliphatic rings. The third-order valence-corrected chi connectivity index (χ3v) is 6.90. The quantitative estimate of drug-likeness (QED) is 0.526. The van der Waals surface area contributed by atoms with Gasteiger partial charge in [0, 0.05) is 47.3 Å². The average molecular weight is 484 g/mol. The molecule has 1 saturated heterocycles. The van der Waals surface area contributed by atoms with E-state index in [4.69, 9.17) is 8.85 Å². The summed E-state index contributed by atoms with van der Waals surface area (Å²) in [5.74, 6) is 5.57. The van der Waals surface area contributed by atoms with Crippen LogP contribution in [-0.2, 0) is 0 Å². The topological polar surface area (TPSA) is 50.6 Å². The van der Waals surface area contributed by atoms with Gasteiger partial charge in [-0.3, -0.25) is 9.69 Å². The Balaban J connectivity index is 1.48. The maximum absolute atomic E-state index is 13.5. The van der Waals surface area contributed by atoms with E-state index in [1.54, 1.807) is 12.1 Å². The highest BCUT2D eigenvalue weighted by Gasteiger charge is 2.45. The first-order valence-corrected chi connectivity index (χ1v) is 11.4. The van der Waals surface area contributed by atoms with Crippen molar-refractivity contribution in [3.05, 3.63) is 58.9 Å². The van der Waals surface area contributed by atoms with Crippen molar-refractivity contribution in [1.82, 2.24) is 19.4 Å². The number of rotatable bonds is 3. The van der Waals surface area contributed by atoms with Crippen LogP contribution in [0.5, 0.6) is 5.75 Å². The fraction of sp³-hybridized carbons (Fsp3) is 0.385. The molecule has 180 valence electrons. The first-order valence-electron chi connectivity index (χ1n) is 12.9. The van der Waals surface area contributed by atoms with Gasteiger partial charge in [0.2, 0.25) is 0 Å². The minimum absolute atomic E-state index is 0.00648. The maximum atomic E-state index is 13.5. The highest BCUT2D eigenvalue weighted by molar-refractivity contribution is 5.97. The van der Waals surface area contributed by atoms with Crippen molar-refractivity contribution in [2.24, 2.45) is 0 Å². The largest absolute Gasteiger partial charge is 0.434 e. The lowest BCUT2D eigenvalue weighted by molar-refractivity contribution is -0.0507. The molecule has 0 saturated carbocycles. The van der Waals surface area contributed by atoms with E-state index >= 15 is 0 Å². The number of hydrogen-bond acceptors (Lipinski definition) is 4. The number of alkyl halides is 3. The van der Waals surface area contributed by atoms with Gasteiger partial charge in [-0.05, 0) is 36.8 Å². The predicted molar refractivity (Wildman–Crippen MR) is 123 cm³/mol. The zero-order chi connectivity index (χ0) is 26.8. The number of hydrogen-bond donors (Lipinski definition) is 0. The smallest absolute Gasteiger partial charge is 0.387 e. The Labute approximate surface area is 204 Å². The number of fused-ring (bicyclic) bond motifs is 9. The second-order valence-electron chi connectivity index (χ2n) is 9.00. The van der Waals surface area contributed by atoms with Crippen LogP contribution in [0.15, 0.2) is 36.4 Å². The van der Waals surface area contributed by atoms with Gasteiger partial charge in [-0.2, -0.15) is 8.78 Å². The first kappa shape index (κ1) is 18.8. The zero-order valence-corrected chi connectivity index (χ0v) is 18.5. The summed E-state index contributed by atoms with van der Waals surface area (Å²) in [4.78, 5) is 20.9. The fourth-order valence-corrected chi connectivity index (χ4v) is 5.37. The number of carbonyl (C=O) groups excluding carboxylic acids is 1. The number of amides is 1. The molecule has 1 amide bonds. The van der Waals surface area contributed by atoms with Gasteiger partial charge in [0.15, 0.2) is 0 Å². The second-order valence-corrected chi connectivity index (χ2v) is 9.00. The summed E-state index contributed by atoms with van der Waals surface area (Å²) in [6, 6.07) is 8.00. The lowest BCUT2D eigenvalue weighted by Gasteiger charge is -2.24. The van der Waals surface area contributed by atoms with Crippen LogP contribution >= 0.6 is 0 Å². The Bertz CT molecular complexity index is 1500. The molecule has 0 N–H and O–H groups in total. The van der Waals surface area contributed by atoms with Crippen LogP contribution in [-0.4, -0.2) is 64.7 Å². The summed E-state index contributed by atoms with van der Waals surface area (Å²) in [6.07, 6.45) is -0.171. The van der Waals surface area contributed by atoms with Gasteiger partial charge in [0.25, 0.3) is 5.91 Å². The SMILES string of the molecule is [2H]C([2H])([2H])N1C(=O)c2cccc(OC(F)F)c2[C@H]2C[C@@H]1c1nc3ccc(C#CCN4CC[C@@H](F)C4)cc3n12. The average Bonchev–Trinajstić information content (AvgIpc) is 3.50. The second kappa shape index (κ2) is 8.31. The summed E-state index contributed by atoms with van der Waals surface area (Å²) in [5, 5.41) is 0. The standard InChI is InChI=1S/C26H23F3N4O2/c1-31-21-13-20(23-17(25(31)34)5-2-6-22(23)35-26(28)29)33-19-12-15(7-8-18(19)30-24(21)33)4-3-10-32-11-9-16(27)14-32/h2,5-8,12,16,20-21,26H,9-11,13-14H2,1H3/t16-,20-,21-/m1/s1/i1D3. The predicted octanol–water partition coefficient (Wildman–Crippen LogP) is 4.15. The summed E-state index contributed by atoms with van der Waals surface area (Å²) in [5.41, 5.74) is 2.10. The molecule has 6 nitrogen and oxygen atoms in total. The van der Waals surface area contributed by atoms with Crippen LogP contribution in [0, 0.1) is 11.8 Å². The Hall–Kier alpha value is -3.51. The molecule has 6 rings (SSSR count). The van der Waals surface area contributed by atoms with E-state index in [-0.39, 0.29) is 23.3 Å². The van der Waals surface area contributed by atoms with E-state index in [1.165, 1.54) is 18.2 Å². The summed E-state index contributed by atoms with van der Waals surface area (Å²) in [7, 11) is 0. The number of likely N-dealkylation sites (tertiary alicyclic amines) is 1. The minimum Gasteiger partial charge on any atom is -0.434 e. The Morgan fingerprint density at radius 2 is 2.17 bits per heavy atom. The molecule has 0 radical (unpaired) electrons. The Kier molecular flexibility index (Phi) is 4.46. The van der Waals surface area contributed by atoms with Crippen molar-refractivity contribution < 1.29 is 26.8 Å². The zero-order valence-electron chi connectivity index (χ0n) is 21.5. The number of halogens is 3. The minimum atomic E-state index is -3.13. The normalized spacial score (nSPS) is 24.9. The van der Waals surface area contributed by atoms with Gasteiger partial charge >= 0.3 is 6.61 Å². The third kappa shape index (κ3) is 3.64. The van der Waals surface area contributed by atoms with Crippen molar-refractivity contribution in [1.29, 1.82) is 0 Å². The lowest BCUT2D eigenvalue weighted by Crippen LogP contribution is -2.30. The van der Waals surface area contributed by atoms with Crippen LogP contribution in [0.4, 0.5) is 13.2 Å². The van der Waals surface area contributed by atoms with Crippen molar-refractivity contribution in [2.75, 3.05) is 26.6 Å². The van der Waals surface area contributed by atoms with Gasteiger partial charge in [-0.15, -0.1) is 0 Å². The molecule has 1 aromatic heterocycles. The fourth-order valence-electron chi connectivity index (χ4n) is 5.37. The summed E-state index contributed by atoms with van der Waals surface area (Å²) < 4.78 is 71.0. The van der Waals surface area contributed by atoms with Gasteiger partial charge in [0.1, 0.15) is 17.7 Å². The van der Waals surface area contributed by atoms with Crippen LogP contribution in [0.1, 0.15) is 56.3 Å². The number of imidazole rings is 1. The van der Waals surface area contributed by atoms with Crippen molar-refractivity contribution in [3.8, 4) is 17.6 Å². The number of ether oxygens (including phenoxy) is 1. The molecule has 9 heteroatoms. The number of aromatic nitrogens is 2. The molecule has 35 heavy (non-hydrogen) atoms. The number of nitrogens with zero attached hydrogens (tertiary/aromatic N) is 4. The third-order valence-electron chi connectivity index (χ3n) is 6.90. The molecule has 0 aliphatic carbocycles. The maximum Gasteiger partial charge on any atom is 0.387 e. The molecule has 2 aromatic carbocycles. The van der Waals surface area contributed by atoms with Crippen LogP contribution in [0.3, 0.4) is 0 Å². The lowest BCUT2D eigenvalue weighted by atomic mass is 9.97. The molecule has 3 atom stereocenters. The van der Waals surface area contributed by atoms with Gasteiger partial charge in [0.05, 0.1) is 29.7 Å². The summed E-state index contributed by atoms with van der Waals surface area (Å²) in [6.45, 7) is -4.44. The molecular weight excluding hydrogens is 457 g/mol. The number of carbonyl (C=O) groups is 1. The van der Waals surface area contributed by atoms with Crippen LogP contribution in [0.25, 0.3) is 11.0 Å². The van der Waals surface area contributed by atoms with Crippen LogP contribution < -0.4 is 4.74 Å². The van der Waals surface area contributed by atoms with Crippen LogP contribution in [0.2, 0.25) is 0 Å². The highest BCUT2D eigenvalue weighted by atomic mass is 19.3. The van der Waals surface area contributed by atoms with Gasteiger partial charge in [-0.25, -0.2) is 9.37 Å². The monoisotopic (exact) mass is 483 g/mol. The van der Waals surface area contributed by atoms with E-state index in [2.05, 4.69) is 16.8 Å².